The SMILES string of the molecule is Cn1ccnc1C(N)CCCc1ccccc1. The Hall–Kier alpha value is -1.61. The molecule has 1 aromatic heterocycles. The number of nitrogens with zero attached hydrogens (tertiary/aromatic N) is 2. The number of nitrogens with two attached hydrogens (primary N) is 1. The fourth-order valence-corrected chi connectivity index (χ4v) is 2.03. The van der Waals surface area contributed by atoms with Crippen molar-refractivity contribution in [2.45, 2.75) is 25.3 Å². The number of hydrogen-bond donors (Lipinski definition) is 1. The topological polar surface area (TPSA) is 43.8 Å². The van der Waals surface area contributed by atoms with Crippen LogP contribution in [0.5, 0.6) is 0 Å². The van der Waals surface area contributed by atoms with Gasteiger partial charge in [0.2, 0.25) is 0 Å². The highest BCUT2D eigenvalue weighted by Gasteiger charge is 2.09. The lowest BCUT2D eigenvalue weighted by Gasteiger charge is -2.11. The van der Waals surface area contributed by atoms with Crippen LogP contribution in [0, 0.1) is 0 Å². The van der Waals surface area contributed by atoms with Crippen LogP contribution in [0.4, 0.5) is 0 Å². The maximum atomic E-state index is 6.12. The molecular formula is C14H19N3. The van der Waals surface area contributed by atoms with Crippen molar-refractivity contribution >= 4 is 0 Å². The third-order valence-electron chi connectivity index (χ3n) is 3.01. The Morgan fingerprint density at radius 3 is 2.71 bits per heavy atom. The second kappa shape index (κ2) is 5.64. The lowest BCUT2D eigenvalue weighted by molar-refractivity contribution is 0.563. The van der Waals surface area contributed by atoms with Gasteiger partial charge in [-0.3, -0.25) is 0 Å². The highest BCUT2D eigenvalue weighted by molar-refractivity contribution is 5.14. The largest absolute Gasteiger partial charge is 0.337 e. The summed E-state index contributed by atoms with van der Waals surface area (Å²) in [6.45, 7) is 0. The molecule has 0 aliphatic rings. The molecule has 90 valence electrons. The Bertz CT molecular complexity index is 448. The minimum absolute atomic E-state index is 0.0405. The minimum atomic E-state index is 0.0405. The van der Waals surface area contributed by atoms with E-state index in [2.05, 4.69) is 29.2 Å². The summed E-state index contributed by atoms with van der Waals surface area (Å²) in [6.07, 6.45) is 6.88. The van der Waals surface area contributed by atoms with E-state index < -0.39 is 0 Å². The molecule has 0 aliphatic carbocycles. The predicted octanol–water partition coefficient (Wildman–Crippen LogP) is 2.44. The van der Waals surface area contributed by atoms with Crippen LogP contribution in [0.1, 0.15) is 30.3 Å². The molecule has 1 aromatic carbocycles. The van der Waals surface area contributed by atoms with Crippen LogP contribution in [-0.2, 0) is 13.5 Å². The summed E-state index contributed by atoms with van der Waals surface area (Å²) in [6, 6.07) is 10.6. The van der Waals surface area contributed by atoms with E-state index in [9.17, 15) is 0 Å². The van der Waals surface area contributed by atoms with Crippen LogP contribution in [0.15, 0.2) is 42.7 Å². The van der Waals surface area contributed by atoms with E-state index in [-0.39, 0.29) is 6.04 Å². The summed E-state index contributed by atoms with van der Waals surface area (Å²) < 4.78 is 1.99. The van der Waals surface area contributed by atoms with Gasteiger partial charge in [-0.05, 0) is 24.8 Å². The summed E-state index contributed by atoms with van der Waals surface area (Å²) in [7, 11) is 1.99. The van der Waals surface area contributed by atoms with Crippen LogP contribution >= 0.6 is 0 Å². The molecule has 0 saturated carbocycles. The molecule has 1 heterocycles. The second-order valence-electron chi connectivity index (χ2n) is 4.38. The number of aryl methyl sites for hydroxylation is 2. The van der Waals surface area contributed by atoms with Gasteiger partial charge in [-0.2, -0.15) is 0 Å². The zero-order valence-corrected chi connectivity index (χ0v) is 10.2. The van der Waals surface area contributed by atoms with E-state index >= 15 is 0 Å². The molecular weight excluding hydrogens is 210 g/mol. The van der Waals surface area contributed by atoms with E-state index in [4.69, 9.17) is 5.73 Å². The first-order valence-electron chi connectivity index (χ1n) is 6.04. The molecule has 17 heavy (non-hydrogen) atoms. The first-order valence-corrected chi connectivity index (χ1v) is 6.04. The molecule has 1 atom stereocenters. The molecule has 0 bridgehead atoms. The molecule has 0 radical (unpaired) electrons. The third-order valence-corrected chi connectivity index (χ3v) is 3.01. The van der Waals surface area contributed by atoms with E-state index in [0.717, 1.165) is 25.1 Å². The Kier molecular flexibility index (Phi) is 3.94. The Balaban J connectivity index is 1.81. The standard InChI is InChI=1S/C14H19N3/c1-17-11-10-16-14(17)13(15)9-5-8-12-6-3-2-4-7-12/h2-4,6-7,10-11,13H,5,8-9,15H2,1H3. The highest BCUT2D eigenvalue weighted by Crippen LogP contribution is 2.15. The molecule has 0 aliphatic heterocycles. The highest BCUT2D eigenvalue weighted by atomic mass is 15.1. The van der Waals surface area contributed by atoms with E-state index in [1.54, 1.807) is 6.20 Å². The smallest absolute Gasteiger partial charge is 0.125 e. The van der Waals surface area contributed by atoms with Gasteiger partial charge in [0.15, 0.2) is 0 Å². The van der Waals surface area contributed by atoms with Gasteiger partial charge in [0.1, 0.15) is 5.82 Å². The number of imidazole rings is 1. The zero-order valence-electron chi connectivity index (χ0n) is 10.2. The Morgan fingerprint density at radius 2 is 2.06 bits per heavy atom. The van der Waals surface area contributed by atoms with E-state index in [0.29, 0.717) is 0 Å². The van der Waals surface area contributed by atoms with Crippen molar-refractivity contribution in [2.24, 2.45) is 12.8 Å². The fraction of sp³-hybridized carbons (Fsp3) is 0.357. The van der Waals surface area contributed by atoms with Gasteiger partial charge >= 0.3 is 0 Å². The Morgan fingerprint density at radius 1 is 1.29 bits per heavy atom. The normalized spacial score (nSPS) is 12.6. The third kappa shape index (κ3) is 3.17. The number of rotatable bonds is 5. The average molecular weight is 229 g/mol. The number of aromatic nitrogens is 2. The molecule has 0 spiro atoms. The van der Waals surface area contributed by atoms with Crippen LogP contribution in [0.2, 0.25) is 0 Å². The quantitative estimate of drug-likeness (QED) is 0.855. The summed E-state index contributed by atoms with van der Waals surface area (Å²) >= 11 is 0. The van der Waals surface area contributed by atoms with Gasteiger partial charge in [-0.25, -0.2) is 4.98 Å². The van der Waals surface area contributed by atoms with Gasteiger partial charge in [0, 0.05) is 19.4 Å². The molecule has 0 amide bonds. The van der Waals surface area contributed by atoms with Gasteiger partial charge in [0.05, 0.1) is 6.04 Å². The first kappa shape index (κ1) is 11.9. The lowest BCUT2D eigenvalue weighted by Crippen LogP contribution is -2.15. The predicted molar refractivity (Wildman–Crippen MR) is 69.5 cm³/mol. The fourth-order valence-electron chi connectivity index (χ4n) is 2.03. The van der Waals surface area contributed by atoms with Crippen molar-refractivity contribution in [1.82, 2.24) is 9.55 Å². The van der Waals surface area contributed by atoms with Crippen molar-refractivity contribution in [3.63, 3.8) is 0 Å². The maximum Gasteiger partial charge on any atom is 0.125 e. The first-order chi connectivity index (χ1) is 8.27. The minimum Gasteiger partial charge on any atom is -0.337 e. The zero-order chi connectivity index (χ0) is 12.1. The number of hydrogen-bond acceptors (Lipinski definition) is 2. The summed E-state index contributed by atoms with van der Waals surface area (Å²) in [5.74, 6) is 0.970. The molecule has 2 aromatic rings. The molecule has 1 unspecified atom stereocenters. The van der Waals surface area contributed by atoms with Gasteiger partial charge < -0.3 is 10.3 Å². The average Bonchev–Trinajstić information content (AvgIpc) is 2.77. The van der Waals surface area contributed by atoms with Crippen molar-refractivity contribution in [2.75, 3.05) is 0 Å². The van der Waals surface area contributed by atoms with E-state index in [1.807, 2.05) is 23.9 Å². The molecule has 0 fully saturated rings. The van der Waals surface area contributed by atoms with Crippen molar-refractivity contribution in [3.8, 4) is 0 Å². The lowest BCUT2D eigenvalue weighted by atomic mass is 10.0. The van der Waals surface area contributed by atoms with Crippen molar-refractivity contribution in [1.29, 1.82) is 0 Å². The number of benzene rings is 1. The molecule has 2 N–H and O–H groups in total. The van der Waals surface area contributed by atoms with Crippen molar-refractivity contribution < 1.29 is 0 Å². The van der Waals surface area contributed by atoms with Crippen LogP contribution in [0.3, 0.4) is 0 Å². The monoisotopic (exact) mass is 229 g/mol. The molecule has 3 heteroatoms. The summed E-state index contributed by atoms with van der Waals surface area (Å²) in [5.41, 5.74) is 7.50. The van der Waals surface area contributed by atoms with Crippen LogP contribution in [0.25, 0.3) is 0 Å². The maximum absolute atomic E-state index is 6.12. The van der Waals surface area contributed by atoms with Crippen molar-refractivity contribution in [3.05, 3.63) is 54.1 Å². The van der Waals surface area contributed by atoms with E-state index in [1.165, 1.54) is 5.56 Å². The summed E-state index contributed by atoms with van der Waals surface area (Å²) in [4.78, 5) is 4.28. The van der Waals surface area contributed by atoms with Crippen LogP contribution in [-0.4, -0.2) is 9.55 Å². The molecule has 0 saturated heterocycles. The van der Waals surface area contributed by atoms with Crippen LogP contribution < -0.4 is 5.73 Å². The molecule has 2 rings (SSSR count). The Labute approximate surface area is 102 Å². The molecule has 3 nitrogen and oxygen atoms in total. The van der Waals surface area contributed by atoms with Gasteiger partial charge in [0.25, 0.3) is 0 Å². The van der Waals surface area contributed by atoms with Gasteiger partial charge in [-0.1, -0.05) is 30.3 Å². The second-order valence-corrected chi connectivity index (χ2v) is 4.38. The summed E-state index contributed by atoms with van der Waals surface area (Å²) in [5, 5.41) is 0. The van der Waals surface area contributed by atoms with Gasteiger partial charge in [-0.15, -0.1) is 0 Å².